The standard InChI is InChI=1S/C16H24N4OS/c1-12(18-10-16(3,21)11-22-4)14-9-19-20(13(14)2)15-7-5-6-8-17-15/h5-9,12,18,21H,10-11H2,1-4H3. The molecule has 2 aromatic rings. The smallest absolute Gasteiger partial charge is 0.153 e. The quantitative estimate of drug-likeness (QED) is 0.820. The van der Waals surface area contributed by atoms with Crippen LogP contribution in [0.25, 0.3) is 5.82 Å². The van der Waals surface area contributed by atoms with Crippen molar-refractivity contribution in [1.29, 1.82) is 0 Å². The van der Waals surface area contributed by atoms with Gasteiger partial charge in [0.2, 0.25) is 0 Å². The lowest BCUT2D eigenvalue weighted by Crippen LogP contribution is -2.40. The van der Waals surface area contributed by atoms with E-state index in [1.807, 2.05) is 49.2 Å². The van der Waals surface area contributed by atoms with E-state index in [0.717, 1.165) is 17.1 Å². The highest BCUT2D eigenvalue weighted by Gasteiger charge is 2.22. The van der Waals surface area contributed by atoms with Crippen LogP contribution >= 0.6 is 11.8 Å². The number of nitrogens with one attached hydrogen (secondary N) is 1. The number of pyridine rings is 1. The number of nitrogens with zero attached hydrogens (tertiary/aromatic N) is 3. The highest BCUT2D eigenvalue weighted by atomic mass is 32.2. The molecule has 2 unspecified atom stereocenters. The van der Waals surface area contributed by atoms with Crippen LogP contribution in [-0.4, -0.2) is 44.0 Å². The molecule has 2 rings (SSSR count). The normalized spacial score (nSPS) is 15.5. The molecule has 2 aromatic heterocycles. The highest BCUT2D eigenvalue weighted by Crippen LogP contribution is 2.20. The van der Waals surface area contributed by atoms with Gasteiger partial charge in [0.15, 0.2) is 5.82 Å². The van der Waals surface area contributed by atoms with Gasteiger partial charge in [-0.1, -0.05) is 6.07 Å². The number of rotatable bonds is 7. The van der Waals surface area contributed by atoms with Gasteiger partial charge in [-0.2, -0.15) is 16.9 Å². The second-order valence-electron chi connectivity index (χ2n) is 5.82. The third-order valence-electron chi connectivity index (χ3n) is 3.62. The van der Waals surface area contributed by atoms with E-state index in [1.54, 1.807) is 18.0 Å². The maximum Gasteiger partial charge on any atom is 0.153 e. The van der Waals surface area contributed by atoms with E-state index < -0.39 is 5.60 Å². The number of aromatic nitrogens is 3. The molecule has 0 fully saturated rings. The molecule has 0 aliphatic carbocycles. The minimum Gasteiger partial charge on any atom is -0.388 e. The van der Waals surface area contributed by atoms with E-state index in [1.165, 1.54) is 0 Å². The van der Waals surface area contributed by atoms with Crippen molar-refractivity contribution < 1.29 is 5.11 Å². The summed E-state index contributed by atoms with van der Waals surface area (Å²) in [5.74, 6) is 1.52. The van der Waals surface area contributed by atoms with Crippen molar-refractivity contribution >= 4 is 11.8 Å². The number of hydrogen-bond donors (Lipinski definition) is 2. The Morgan fingerprint density at radius 1 is 1.45 bits per heavy atom. The van der Waals surface area contributed by atoms with Crippen molar-refractivity contribution in [3.63, 3.8) is 0 Å². The molecule has 0 saturated carbocycles. The van der Waals surface area contributed by atoms with Crippen LogP contribution in [0.5, 0.6) is 0 Å². The van der Waals surface area contributed by atoms with Gasteiger partial charge in [-0.05, 0) is 39.2 Å². The van der Waals surface area contributed by atoms with Crippen molar-refractivity contribution in [3.8, 4) is 5.82 Å². The summed E-state index contributed by atoms with van der Waals surface area (Å²) in [6.45, 7) is 6.52. The Bertz CT molecular complexity index is 597. The summed E-state index contributed by atoms with van der Waals surface area (Å²) in [5, 5.41) is 18.1. The predicted octanol–water partition coefficient (Wildman–Crippen LogP) is 2.34. The maximum absolute atomic E-state index is 10.2. The molecule has 2 atom stereocenters. The summed E-state index contributed by atoms with van der Waals surface area (Å²) < 4.78 is 1.84. The van der Waals surface area contributed by atoms with Crippen LogP contribution in [0.4, 0.5) is 0 Å². The zero-order valence-corrected chi connectivity index (χ0v) is 14.4. The van der Waals surface area contributed by atoms with Crippen molar-refractivity contribution in [2.24, 2.45) is 0 Å². The van der Waals surface area contributed by atoms with Gasteiger partial charge in [-0.15, -0.1) is 0 Å². The van der Waals surface area contributed by atoms with E-state index in [-0.39, 0.29) is 6.04 Å². The van der Waals surface area contributed by atoms with Crippen LogP contribution in [-0.2, 0) is 0 Å². The molecule has 0 spiro atoms. The fourth-order valence-corrected chi connectivity index (χ4v) is 3.13. The largest absolute Gasteiger partial charge is 0.388 e. The molecule has 0 radical (unpaired) electrons. The van der Waals surface area contributed by atoms with E-state index in [9.17, 15) is 5.11 Å². The van der Waals surface area contributed by atoms with Crippen molar-refractivity contribution in [1.82, 2.24) is 20.1 Å². The van der Waals surface area contributed by atoms with E-state index in [4.69, 9.17) is 0 Å². The maximum atomic E-state index is 10.2. The minimum absolute atomic E-state index is 0.116. The third-order valence-corrected chi connectivity index (χ3v) is 4.54. The summed E-state index contributed by atoms with van der Waals surface area (Å²) in [6, 6.07) is 5.89. The molecule has 0 aromatic carbocycles. The molecule has 0 aliphatic rings. The Kier molecular flexibility index (Phi) is 5.61. The molecular weight excluding hydrogens is 296 g/mol. The van der Waals surface area contributed by atoms with E-state index in [2.05, 4.69) is 22.3 Å². The summed E-state index contributed by atoms with van der Waals surface area (Å²) in [7, 11) is 0. The second-order valence-corrected chi connectivity index (χ2v) is 6.68. The summed E-state index contributed by atoms with van der Waals surface area (Å²) >= 11 is 1.65. The first-order chi connectivity index (χ1) is 10.4. The fourth-order valence-electron chi connectivity index (χ4n) is 2.40. The van der Waals surface area contributed by atoms with Crippen molar-refractivity contribution in [2.75, 3.05) is 18.6 Å². The molecular formula is C16H24N4OS. The summed E-state index contributed by atoms with van der Waals surface area (Å²) in [4.78, 5) is 4.33. The van der Waals surface area contributed by atoms with Gasteiger partial charge in [0.25, 0.3) is 0 Å². The molecule has 0 aliphatic heterocycles. The molecule has 0 amide bonds. The topological polar surface area (TPSA) is 63.0 Å². The van der Waals surface area contributed by atoms with Crippen LogP contribution < -0.4 is 5.32 Å². The average Bonchev–Trinajstić information content (AvgIpc) is 2.87. The third kappa shape index (κ3) is 4.09. The Morgan fingerprint density at radius 3 is 2.86 bits per heavy atom. The van der Waals surface area contributed by atoms with Gasteiger partial charge >= 0.3 is 0 Å². The Labute approximate surface area is 136 Å². The van der Waals surface area contributed by atoms with Crippen molar-refractivity contribution in [2.45, 2.75) is 32.4 Å². The van der Waals surface area contributed by atoms with Gasteiger partial charge in [0.1, 0.15) is 0 Å². The second kappa shape index (κ2) is 7.26. The Balaban J connectivity index is 2.09. The first-order valence-corrected chi connectivity index (χ1v) is 8.74. The predicted molar refractivity (Wildman–Crippen MR) is 91.5 cm³/mol. The van der Waals surface area contributed by atoms with Crippen LogP contribution in [0.3, 0.4) is 0 Å². The molecule has 0 saturated heterocycles. The lowest BCUT2D eigenvalue weighted by molar-refractivity contribution is 0.0820. The van der Waals surface area contributed by atoms with E-state index in [0.29, 0.717) is 12.3 Å². The molecule has 2 N–H and O–H groups in total. The minimum atomic E-state index is -0.710. The highest BCUT2D eigenvalue weighted by molar-refractivity contribution is 7.98. The zero-order valence-electron chi connectivity index (χ0n) is 13.6. The van der Waals surface area contributed by atoms with Gasteiger partial charge in [-0.3, -0.25) is 0 Å². The summed E-state index contributed by atoms with van der Waals surface area (Å²) in [5.41, 5.74) is 1.47. The monoisotopic (exact) mass is 320 g/mol. The Morgan fingerprint density at radius 2 is 2.23 bits per heavy atom. The van der Waals surface area contributed by atoms with Crippen LogP contribution in [0.15, 0.2) is 30.6 Å². The van der Waals surface area contributed by atoms with Gasteiger partial charge in [0, 0.05) is 35.8 Å². The SMILES string of the molecule is CSCC(C)(O)CNC(C)c1cnn(-c2ccccn2)c1C. The van der Waals surface area contributed by atoms with E-state index >= 15 is 0 Å². The lowest BCUT2D eigenvalue weighted by atomic mass is 10.1. The van der Waals surface area contributed by atoms with Gasteiger partial charge in [-0.25, -0.2) is 9.67 Å². The molecule has 5 nitrogen and oxygen atoms in total. The molecule has 120 valence electrons. The lowest BCUT2D eigenvalue weighted by Gasteiger charge is -2.25. The summed E-state index contributed by atoms with van der Waals surface area (Å²) in [6.07, 6.45) is 5.63. The van der Waals surface area contributed by atoms with Crippen LogP contribution in [0, 0.1) is 6.92 Å². The molecule has 0 bridgehead atoms. The number of thioether (sulfide) groups is 1. The number of hydrogen-bond acceptors (Lipinski definition) is 5. The Hall–Kier alpha value is -1.37. The van der Waals surface area contributed by atoms with Crippen LogP contribution in [0.2, 0.25) is 0 Å². The average molecular weight is 320 g/mol. The molecule has 6 heteroatoms. The van der Waals surface area contributed by atoms with Gasteiger partial charge < -0.3 is 10.4 Å². The molecule has 2 heterocycles. The zero-order chi connectivity index (χ0) is 16.2. The van der Waals surface area contributed by atoms with Gasteiger partial charge in [0.05, 0.1) is 11.8 Å². The first-order valence-electron chi connectivity index (χ1n) is 7.35. The first kappa shape index (κ1) is 17.0. The fraction of sp³-hybridized carbons (Fsp3) is 0.500. The van der Waals surface area contributed by atoms with Crippen molar-refractivity contribution in [3.05, 3.63) is 41.9 Å². The van der Waals surface area contributed by atoms with Crippen LogP contribution in [0.1, 0.15) is 31.1 Å². The number of aliphatic hydroxyl groups is 1. The molecule has 22 heavy (non-hydrogen) atoms.